The minimum Gasteiger partial charge on any atom is -0.481 e. The second-order valence-electron chi connectivity index (χ2n) is 11.1. The third-order valence-corrected chi connectivity index (χ3v) is 9.15. The average Bonchev–Trinajstić information content (AvgIpc) is 3.49. The zero-order chi connectivity index (χ0) is 28.9. The number of hydrogen-bond donors (Lipinski definition) is 2. The standard InChI is InChI=1S/C27H33F4N5O4/c1-3-40-26(27(29,30)31)8-4-16(5-9-26)25-7-6-17(10-15(13-25)23(32)37)36(25)24(38)21-12-20(34-35-21)18-11-22(39-2)33-14-19(18)28/h11-12,14-17H,3-10,13H2,1-2H3,(H2,32,37)(H,34,35). The van der Waals surface area contributed by atoms with Gasteiger partial charge in [0.2, 0.25) is 11.8 Å². The van der Waals surface area contributed by atoms with Crippen LogP contribution in [0.3, 0.4) is 0 Å². The number of aromatic amines is 1. The first-order valence-electron chi connectivity index (χ1n) is 13.5. The van der Waals surface area contributed by atoms with Gasteiger partial charge in [-0.15, -0.1) is 0 Å². The molecule has 218 valence electrons. The minimum absolute atomic E-state index is 0.0498. The number of methoxy groups -OCH3 is 1. The van der Waals surface area contributed by atoms with Gasteiger partial charge in [0.15, 0.2) is 17.1 Å². The van der Waals surface area contributed by atoms with Crippen molar-refractivity contribution in [2.24, 2.45) is 17.6 Å². The molecule has 2 aromatic rings. The molecule has 1 aliphatic carbocycles. The van der Waals surface area contributed by atoms with Crippen LogP contribution in [-0.2, 0) is 9.53 Å². The summed E-state index contributed by atoms with van der Waals surface area (Å²) in [7, 11) is 1.40. The molecule has 1 saturated carbocycles. The number of nitrogens with two attached hydrogens (primary N) is 1. The van der Waals surface area contributed by atoms with E-state index in [1.54, 1.807) is 11.8 Å². The molecule has 3 unspecified atom stereocenters. The summed E-state index contributed by atoms with van der Waals surface area (Å²) in [6, 6.07) is 2.52. The lowest BCUT2D eigenvalue weighted by atomic mass is 9.65. The highest BCUT2D eigenvalue weighted by Crippen LogP contribution is 2.57. The van der Waals surface area contributed by atoms with Crippen LogP contribution in [0.1, 0.15) is 68.8 Å². The quantitative estimate of drug-likeness (QED) is 0.479. The van der Waals surface area contributed by atoms with Crippen LogP contribution in [0, 0.1) is 17.7 Å². The van der Waals surface area contributed by atoms with E-state index in [0.29, 0.717) is 19.3 Å². The van der Waals surface area contributed by atoms with Crippen molar-refractivity contribution >= 4 is 11.8 Å². The molecule has 0 aromatic carbocycles. The highest BCUT2D eigenvalue weighted by atomic mass is 19.4. The highest BCUT2D eigenvalue weighted by Gasteiger charge is 2.63. The second-order valence-corrected chi connectivity index (χ2v) is 11.1. The van der Waals surface area contributed by atoms with E-state index in [2.05, 4.69) is 15.2 Å². The number of piperidine rings is 1. The topological polar surface area (TPSA) is 123 Å². The Labute approximate surface area is 228 Å². The van der Waals surface area contributed by atoms with Crippen molar-refractivity contribution in [3.05, 3.63) is 29.8 Å². The van der Waals surface area contributed by atoms with E-state index >= 15 is 0 Å². The number of carbonyl (C=O) groups excluding carboxylic acids is 2. The fraction of sp³-hybridized carbons (Fsp3) is 0.630. The van der Waals surface area contributed by atoms with E-state index in [4.69, 9.17) is 15.2 Å². The number of amides is 2. The maximum absolute atomic E-state index is 14.5. The van der Waals surface area contributed by atoms with E-state index < -0.39 is 40.9 Å². The Morgan fingerprint density at radius 2 is 1.93 bits per heavy atom. The first-order chi connectivity index (χ1) is 18.9. The lowest BCUT2D eigenvalue weighted by molar-refractivity contribution is -0.290. The maximum atomic E-state index is 14.5. The number of nitrogens with zero attached hydrogens (tertiary/aromatic N) is 3. The number of pyridine rings is 1. The van der Waals surface area contributed by atoms with E-state index in [1.807, 2.05) is 0 Å². The number of hydrogen-bond acceptors (Lipinski definition) is 6. The highest BCUT2D eigenvalue weighted by molar-refractivity contribution is 5.95. The number of primary amides is 1. The van der Waals surface area contributed by atoms with E-state index in [0.717, 1.165) is 6.20 Å². The third kappa shape index (κ3) is 4.61. The van der Waals surface area contributed by atoms with Gasteiger partial charge in [-0.05, 0) is 70.3 Å². The molecule has 2 bridgehead atoms. The van der Waals surface area contributed by atoms with Crippen LogP contribution in [0.15, 0.2) is 18.3 Å². The Kier molecular flexibility index (Phi) is 7.30. The fourth-order valence-electron chi connectivity index (χ4n) is 7.28. The van der Waals surface area contributed by atoms with E-state index in [-0.39, 0.29) is 73.5 Å². The monoisotopic (exact) mass is 567 g/mol. The minimum atomic E-state index is -4.52. The Bertz CT molecular complexity index is 1280. The molecule has 2 aromatic heterocycles. The Morgan fingerprint density at radius 1 is 1.20 bits per heavy atom. The SMILES string of the molecule is CCOC1(C(F)(F)F)CCC(C23CCC(CC(C(N)=O)C2)N3C(=O)c2cc(-c3cc(OC)ncc3F)[nH]n2)CC1. The van der Waals surface area contributed by atoms with Crippen molar-refractivity contribution in [3.63, 3.8) is 0 Å². The maximum Gasteiger partial charge on any atom is 0.417 e. The Morgan fingerprint density at radius 3 is 2.55 bits per heavy atom. The Hall–Kier alpha value is -3.22. The summed E-state index contributed by atoms with van der Waals surface area (Å²) < 4.78 is 67.0. The van der Waals surface area contributed by atoms with Crippen LogP contribution in [0.2, 0.25) is 0 Å². The smallest absolute Gasteiger partial charge is 0.417 e. The van der Waals surface area contributed by atoms with Crippen LogP contribution in [0.25, 0.3) is 11.3 Å². The first-order valence-corrected chi connectivity index (χ1v) is 13.5. The number of alkyl halides is 3. The number of nitrogens with one attached hydrogen (secondary N) is 1. The number of ether oxygens (including phenoxy) is 2. The van der Waals surface area contributed by atoms with Crippen molar-refractivity contribution in [3.8, 4) is 17.1 Å². The Balaban J connectivity index is 1.46. The van der Waals surface area contributed by atoms with Crippen LogP contribution in [0.4, 0.5) is 17.6 Å². The molecule has 9 nitrogen and oxygen atoms in total. The third-order valence-electron chi connectivity index (χ3n) is 9.15. The first kappa shape index (κ1) is 28.3. The number of aromatic nitrogens is 3. The van der Waals surface area contributed by atoms with Gasteiger partial charge in [-0.3, -0.25) is 14.7 Å². The molecule has 40 heavy (non-hydrogen) atoms. The number of carbonyl (C=O) groups is 2. The van der Waals surface area contributed by atoms with Crippen molar-refractivity contribution in [1.82, 2.24) is 20.1 Å². The summed E-state index contributed by atoms with van der Waals surface area (Å²) in [5, 5.41) is 6.87. The van der Waals surface area contributed by atoms with Crippen molar-refractivity contribution in [2.45, 2.75) is 81.6 Å². The van der Waals surface area contributed by atoms with E-state index in [9.17, 15) is 27.2 Å². The molecule has 3 aliphatic rings. The van der Waals surface area contributed by atoms with Crippen LogP contribution in [-0.4, -0.2) is 69.0 Å². The van der Waals surface area contributed by atoms with Crippen molar-refractivity contribution < 1.29 is 36.6 Å². The molecule has 2 amide bonds. The molecular formula is C27H33F4N5O4. The molecule has 13 heteroatoms. The average molecular weight is 568 g/mol. The zero-order valence-corrected chi connectivity index (χ0v) is 22.4. The predicted molar refractivity (Wildman–Crippen MR) is 135 cm³/mol. The van der Waals surface area contributed by atoms with Gasteiger partial charge >= 0.3 is 6.18 Å². The lowest BCUT2D eigenvalue weighted by Gasteiger charge is -2.54. The molecule has 5 rings (SSSR count). The van der Waals surface area contributed by atoms with Gasteiger partial charge < -0.3 is 20.1 Å². The molecule has 3 atom stereocenters. The van der Waals surface area contributed by atoms with Gasteiger partial charge in [0.25, 0.3) is 5.91 Å². The summed E-state index contributed by atoms with van der Waals surface area (Å²) in [6.45, 7) is 1.49. The van der Waals surface area contributed by atoms with Gasteiger partial charge in [-0.1, -0.05) is 0 Å². The molecular weight excluding hydrogens is 534 g/mol. The van der Waals surface area contributed by atoms with Gasteiger partial charge in [-0.2, -0.15) is 18.3 Å². The number of halogens is 4. The van der Waals surface area contributed by atoms with Crippen LogP contribution < -0.4 is 10.5 Å². The molecule has 4 heterocycles. The van der Waals surface area contributed by atoms with E-state index in [1.165, 1.54) is 19.2 Å². The number of H-pyrrole nitrogens is 1. The van der Waals surface area contributed by atoms with Crippen molar-refractivity contribution in [1.29, 1.82) is 0 Å². The molecule has 3 N–H and O–H groups in total. The van der Waals surface area contributed by atoms with Gasteiger partial charge in [0, 0.05) is 35.7 Å². The summed E-state index contributed by atoms with van der Waals surface area (Å²) in [6.07, 6.45) is -1.74. The van der Waals surface area contributed by atoms with Crippen molar-refractivity contribution in [2.75, 3.05) is 13.7 Å². The summed E-state index contributed by atoms with van der Waals surface area (Å²) >= 11 is 0. The predicted octanol–water partition coefficient (Wildman–Crippen LogP) is 4.39. The van der Waals surface area contributed by atoms with Gasteiger partial charge in [-0.25, -0.2) is 9.37 Å². The summed E-state index contributed by atoms with van der Waals surface area (Å²) in [5.74, 6) is -2.09. The summed E-state index contributed by atoms with van der Waals surface area (Å²) in [5.41, 5.74) is 3.07. The zero-order valence-electron chi connectivity index (χ0n) is 22.4. The normalized spacial score (nSPS) is 30.4. The molecule has 0 spiro atoms. The molecule has 3 fully saturated rings. The van der Waals surface area contributed by atoms with Crippen LogP contribution >= 0.6 is 0 Å². The molecule has 2 aliphatic heterocycles. The number of fused-ring (bicyclic) bond motifs is 2. The van der Waals surface area contributed by atoms with Crippen LogP contribution in [0.5, 0.6) is 5.88 Å². The largest absolute Gasteiger partial charge is 0.481 e. The fourth-order valence-corrected chi connectivity index (χ4v) is 7.28. The molecule has 2 saturated heterocycles. The van der Waals surface area contributed by atoms with Gasteiger partial charge in [0.05, 0.1) is 19.0 Å². The lowest BCUT2D eigenvalue weighted by Crippen LogP contribution is -2.62. The summed E-state index contributed by atoms with van der Waals surface area (Å²) in [4.78, 5) is 31.9. The molecule has 0 radical (unpaired) electrons. The second kappa shape index (κ2) is 10.3. The van der Waals surface area contributed by atoms with Gasteiger partial charge in [0.1, 0.15) is 0 Å². The number of rotatable bonds is 7.